The van der Waals surface area contributed by atoms with Gasteiger partial charge in [0.1, 0.15) is 5.60 Å². The molecule has 1 aliphatic heterocycles. The molecule has 1 saturated heterocycles. The predicted octanol–water partition coefficient (Wildman–Crippen LogP) is 4.43. The Morgan fingerprint density at radius 1 is 1.38 bits per heavy atom. The molecule has 1 aromatic carbocycles. The Labute approximate surface area is 153 Å². The molecule has 24 heavy (non-hydrogen) atoms. The zero-order valence-electron chi connectivity index (χ0n) is 14.8. The monoisotopic (exact) mass is 394 g/mol. The number of rotatable bonds is 3. The Kier molecular flexibility index (Phi) is 5.21. The first-order valence-corrected chi connectivity index (χ1v) is 9.64. The first-order valence-electron chi connectivity index (χ1n) is 8.85. The number of ether oxygens (including phenoxy) is 1. The maximum atomic E-state index is 12.4. The van der Waals surface area contributed by atoms with E-state index < -0.39 is 5.60 Å². The van der Waals surface area contributed by atoms with Gasteiger partial charge in [0, 0.05) is 29.6 Å². The van der Waals surface area contributed by atoms with Crippen LogP contribution in [0.25, 0.3) is 0 Å². The Hall–Kier alpha value is -1.07. The van der Waals surface area contributed by atoms with Crippen molar-refractivity contribution in [3.8, 4) is 0 Å². The lowest BCUT2D eigenvalue weighted by atomic mass is 10.1. The van der Waals surface area contributed by atoms with Gasteiger partial charge in [-0.15, -0.1) is 0 Å². The predicted molar refractivity (Wildman–Crippen MR) is 99.2 cm³/mol. The van der Waals surface area contributed by atoms with Crippen LogP contribution in [-0.2, 0) is 11.2 Å². The quantitative estimate of drug-likeness (QED) is 0.824. The van der Waals surface area contributed by atoms with Crippen molar-refractivity contribution in [3.05, 3.63) is 33.8 Å². The molecule has 0 spiro atoms. The highest BCUT2D eigenvalue weighted by Crippen LogP contribution is 2.33. The van der Waals surface area contributed by atoms with Gasteiger partial charge < -0.3 is 15.0 Å². The van der Waals surface area contributed by atoms with E-state index in [1.54, 1.807) is 0 Å². The summed E-state index contributed by atoms with van der Waals surface area (Å²) >= 11 is 3.57. The van der Waals surface area contributed by atoms with Crippen LogP contribution >= 0.6 is 15.9 Å². The highest BCUT2D eigenvalue weighted by Gasteiger charge is 2.33. The van der Waals surface area contributed by atoms with Crippen molar-refractivity contribution in [2.24, 2.45) is 0 Å². The Morgan fingerprint density at radius 2 is 2.17 bits per heavy atom. The molecule has 0 bridgehead atoms. The van der Waals surface area contributed by atoms with E-state index in [2.05, 4.69) is 39.4 Å². The summed E-state index contributed by atoms with van der Waals surface area (Å²) in [4.78, 5) is 14.3. The van der Waals surface area contributed by atoms with Crippen molar-refractivity contribution in [3.63, 3.8) is 0 Å². The molecule has 2 aliphatic rings. The summed E-state index contributed by atoms with van der Waals surface area (Å²) in [5.41, 5.74) is 2.39. The van der Waals surface area contributed by atoms with Crippen molar-refractivity contribution in [2.75, 3.05) is 13.1 Å². The molecule has 2 atom stereocenters. The summed E-state index contributed by atoms with van der Waals surface area (Å²) in [7, 11) is 0. The fraction of sp³-hybridized carbons (Fsp3) is 0.632. The number of nitrogens with one attached hydrogen (secondary N) is 1. The van der Waals surface area contributed by atoms with Crippen LogP contribution in [0.2, 0.25) is 0 Å². The average molecular weight is 395 g/mol. The Morgan fingerprint density at radius 3 is 2.92 bits per heavy atom. The average Bonchev–Trinajstić information content (AvgIpc) is 3.09. The molecule has 1 fully saturated rings. The number of halogens is 1. The molecular weight excluding hydrogens is 368 g/mol. The highest BCUT2D eigenvalue weighted by molar-refractivity contribution is 9.10. The summed E-state index contributed by atoms with van der Waals surface area (Å²) in [6.45, 7) is 7.38. The Balaban J connectivity index is 1.59. The van der Waals surface area contributed by atoms with Crippen molar-refractivity contribution in [2.45, 2.75) is 64.1 Å². The van der Waals surface area contributed by atoms with Gasteiger partial charge in [-0.25, -0.2) is 4.79 Å². The zero-order valence-corrected chi connectivity index (χ0v) is 16.4. The third kappa shape index (κ3) is 4.12. The van der Waals surface area contributed by atoms with Gasteiger partial charge in [0.15, 0.2) is 0 Å². The topological polar surface area (TPSA) is 41.6 Å². The maximum absolute atomic E-state index is 12.4. The molecule has 0 radical (unpaired) electrons. The smallest absolute Gasteiger partial charge is 0.410 e. The molecule has 1 heterocycles. The van der Waals surface area contributed by atoms with Crippen LogP contribution in [0.3, 0.4) is 0 Å². The number of amides is 1. The number of fused-ring (bicyclic) bond motifs is 1. The molecule has 1 aromatic rings. The number of carbonyl (C=O) groups is 1. The van der Waals surface area contributed by atoms with Gasteiger partial charge in [0.2, 0.25) is 0 Å². The number of benzene rings is 1. The number of likely N-dealkylation sites (tertiary alicyclic amines) is 1. The first kappa shape index (κ1) is 17.7. The number of nitrogens with zero attached hydrogens (tertiary/aromatic N) is 1. The summed E-state index contributed by atoms with van der Waals surface area (Å²) in [6.07, 6.45) is 4.18. The van der Waals surface area contributed by atoms with Crippen LogP contribution in [0.15, 0.2) is 22.7 Å². The van der Waals surface area contributed by atoms with Gasteiger partial charge in [-0.05, 0) is 69.7 Å². The summed E-state index contributed by atoms with van der Waals surface area (Å²) in [6, 6.07) is 7.17. The second kappa shape index (κ2) is 7.04. The van der Waals surface area contributed by atoms with Crippen LogP contribution < -0.4 is 5.32 Å². The third-order valence-corrected chi connectivity index (χ3v) is 5.28. The van der Waals surface area contributed by atoms with Gasteiger partial charge in [0.25, 0.3) is 0 Å². The minimum atomic E-state index is -0.436. The van der Waals surface area contributed by atoms with Gasteiger partial charge in [-0.3, -0.25) is 0 Å². The zero-order chi connectivity index (χ0) is 17.3. The van der Waals surface area contributed by atoms with Crippen LogP contribution in [0.1, 0.15) is 57.2 Å². The number of aryl methyl sites for hydroxylation is 1. The van der Waals surface area contributed by atoms with Crippen LogP contribution in [-0.4, -0.2) is 35.7 Å². The molecule has 4 nitrogen and oxygen atoms in total. The van der Waals surface area contributed by atoms with Crippen LogP contribution in [0.5, 0.6) is 0 Å². The van der Waals surface area contributed by atoms with Gasteiger partial charge >= 0.3 is 6.09 Å². The van der Waals surface area contributed by atoms with E-state index in [-0.39, 0.29) is 12.1 Å². The van der Waals surface area contributed by atoms with Crippen LogP contribution in [0, 0.1) is 0 Å². The maximum Gasteiger partial charge on any atom is 0.410 e. The van der Waals surface area contributed by atoms with Gasteiger partial charge in [0.05, 0.1) is 0 Å². The lowest BCUT2D eigenvalue weighted by Crippen LogP contribution is -2.44. The molecule has 5 heteroatoms. The summed E-state index contributed by atoms with van der Waals surface area (Å²) < 4.78 is 6.68. The minimum absolute atomic E-state index is 0.179. The molecule has 1 N–H and O–H groups in total. The lowest BCUT2D eigenvalue weighted by Gasteiger charge is -2.29. The molecule has 3 rings (SSSR count). The second-order valence-electron chi connectivity index (χ2n) is 7.81. The SMILES string of the molecule is CC(C)(C)OC(=O)N1CCCC1CNC1CCc2ccc(Br)cc21. The van der Waals surface area contributed by atoms with E-state index >= 15 is 0 Å². The summed E-state index contributed by atoms with van der Waals surface area (Å²) in [5, 5.41) is 3.68. The summed E-state index contributed by atoms with van der Waals surface area (Å²) in [5.74, 6) is 0. The fourth-order valence-electron chi connectivity index (χ4n) is 3.67. The number of hydrogen-bond donors (Lipinski definition) is 1. The van der Waals surface area contributed by atoms with E-state index in [4.69, 9.17) is 4.74 Å². The molecule has 132 valence electrons. The molecule has 0 saturated carbocycles. The molecule has 0 aromatic heterocycles. The number of hydrogen-bond acceptors (Lipinski definition) is 3. The van der Waals surface area contributed by atoms with Gasteiger partial charge in [-0.2, -0.15) is 0 Å². The molecule has 2 unspecified atom stereocenters. The molecule has 1 amide bonds. The number of carbonyl (C=O) groups excluding carboxylic acids is 1. The highest BCUT2D eigenvalue weighted by atomic mass is 79.9. The van der Waals surface area contributed by atoms with E-state index in [0.29, 0.717) is 6.04 Å². The van der Waals surface area contributed by atoms with Crippen molar-refractivity contribution in [1.82, 2.24) is 10.2 Å². The van der Waals surface area contributed by atoms with Crippen molar-refractivity contribution in [1.29, 1.82) is 0 Å². The lowest BCUT2D eigenvalue weighted by molar-refractivity contribution is 0.0225. The normalized spacial score (nSPS) is 23.4. The van der Waals surface area contributed by atoms with E-state index in [0.717, 1.165) is 43.2 Å². The van der Waals surface area contributed by atoms with E-state index in [1.165, 1.54) is 11.1 Å². The van der Waals surface area contributed by atoms with Gasteiger partial charge in [-0.1, -0.05) is 22.0 Å². The molecule has 1 aliphatic carbocycles. The van der Waals surface area contributed by atoms with Crippen molar-refractivity contribution < 1.29 is 9.53 Å². The second-order valence-corrected chi connectivity index (χ2v) is 8.73. The standard InChI is InChI=1S/C19H27BrN2O2/c1-19(2,3)24-18(23)22-10-4-5-15(22)12-21-17-9-7-13-6-8-14(20)11-16(13)17/h6,8,11,15,17,21H,4-5,7,9-10,12H2,1-3H3. The largest absolute Gasteiger partial charge is 0.444 e. The third-order valence-electron chi connectivity index (χ3n) is 4.79. The van der Waals surface area contributed by atoms with E-state index in [9.17, 15) is 4.79 Å². The first-order chi connectivity index (χ1) is 11.3. The Bertz CT molecular complexity index is 612. The molecular formula is C19H27BrN2O2. The fourth-order valence-corrected chi connectivity index (χ4v) is 4.05. The van der Waals surface area contributed by atoms with Crippen molar-refractivity contribution >= 4 is 22.0 Å². The van der Waals surface area contributed by atoms with E-state index in [1.807, 2.05) is 25.7 Å². The van der Waals surface area contributed by atoms with Crippen LogP contribution in [0.4, 0.5) is 4.79 Å². The minimum Gasteiger partial charge on any atom is -0.444 e.